The lowest BCUT2D eigenvalue weighted by Gasteiger charge is -2.25. The van der Waals surface area contributed by atoms with E-state index in [0.29, 0.717) is 6.42 Å². The van der Waals surface area contributed by atoms with Crippen molar-refractivity contribution >= 4 is 5.91 Å². The number of unbranched alkanes of at least 4 members (excludes halogenated alkanes) is 1. The lowest BCUT2D eigenvalue weighted by molar-refractivity contribution is -0.131. The van der Waals surface area contributed by atoms with Crippen LogP contribution >= 0.6 is 0 Å². The molecular formula is C11H19NO2. The van der Waals surface area contributed by atoms with Crippen molar-refractivity contribution in [2.75, 3.05) is 19.7 Å². The molecule has 0 spiro atoms. The molecule has 1 rings (SSSR count). The second kappa shape index (κ2) is 5.81. The van der Waals surface area contributed by atoms with Crippen molar-refractivity contribution < 1.29 is 9.90 Å². The van der Waals surface area contributed by atoms with Gasteiger partial charge in [0.15, 0.2) is 0 Å². The second-order valence-corrected chi connectivity index (χ2v) is 3.82. The van der Waals surface area contributed by atoms with Gasteiger partial charge in [-0.05, 0) is 26.2 Å². The van der Waals surface area contributed by atoms with Crippen LogP contribution in [-0.2, 0) is 4.79 Å². The van der Waals surface area contributed by atoms with Crippen LogP contribution in [0.4, 0.5) is 0 Å². The predicted octanol–water partition coefficient (Wildman–Crippen LogP) is 1.33. The SMILES string of the molecule is CC1=CCN(C(=O)CCCCO)CC1. The van der Waals surface area contributed by atoms with Crippen molar-refractivity contribution in [3.05, 3.63) is 11.6 Å². The molecule has 0 atom stereocenters. The molecule has 0 saturated heterocycles. The Bertz CT molecular complexity index is 223. The fourth-order valence-electron chi connectivity index (χ4n) is 1.54. The quantitative estimate of drug-likeness (QED) is 0.545. The number of carbonyl (C=O) groups excluding carboxylic acids is 1. The Kier molecular flexibility index (Phi) is 4.66. The minimum absolute atomic E-state index is 0.187. The first-order valence-corrected chi connectivity index (χ1v) is 5.28. The van der Waals surface area contributed by atoms with Gasteiger partial charge in [-0.25, -0.2) is 0 Å². The first-order chi connectivity index (χ1) is 6.74. The predicted molar refractivity (Wildman–Crippen MR) is 55.9 cm³/mol. The van der Waals surface area contributed by atoms with E-state index in [4.69, 9.17) is 5.11 Å². The minimum Gasteiger partial charge on any atom is -0.396 e. The maximum Gasteiger partial charge on any atom is 0.222 e. The number of aliphatic hydroxyl groups excluding tert-OH is 1. The molecule has 0 aromatic heterocycles. The Morgan fingerprint density at radius 3 is 2.93 bits per heavy atom. The maximum absolute atomic E-state index is 11.6. The van der Waals surface area contributed by atoms with Crippen LogP contribution in [0.2, 0.25) is 0 Å². The summed E-state index contributed by atoms with van der Waals surface area (Å²) in [5.41, 5.74) is 1.38. The number of carbonyl (C=O) groups is 1. The van der Waals surface area contributed by atoms with Crippen LogP contribution in [0.5, 0.6) is 0 Å². The summed E-state index contributed by atoms with van der Waals surface area (Å²) in [7, 11) is 0. The van der Waals surface area contributed by atoms with Crippen molar-refractivity contribution in [2.24, 2.45) is 0 Å². The first-order valence-electron chi connectivity index (χ1n) is 5.28. The molecule has 1 aliphatic heterocycles. The van der Waals surface area contributed by atoms with Crippen LogP contribution < -0.4 is 0 Å². The molecule has 0 fully saturated rings. The second-order valence-electron chi connectivity index (χ2n) is 3.82. The zero-order valence-electron chi connectivity index (χ0n) is 8.83. The molecule has 1 aliphatic rings. The lowest BCUT2D eigenvalue weighted by Crippen LogP contribution is -2.34. The lowest BCUT2D eigenvalue weighted by atomic mass is 10.1. The summed E-state index contributed by atoms with van der Waals surface area (Å²) in [5, 5.41) is 8.59. The fraction of sp³-hybridized carbons (Fsp3) is 0.727. The molecule has 0 bridgehead atoms. The maximum atomic E-state index is 11.6. The van der Waals surface area contributed by atoms with Gasteiger partial charge in [0.25, 0.3) is 0 Å². The molecule has 0 aromatic carbocycles. The van der Waals surface area contributed by atoms with Gasteiger partial charge in [-0.3, -0.25) is 4.79 Å². The van der Waals surface area contributed by atoms with Gasteiger partial charge in [0.1, 0.15) is 0 Å². The van der Waals surface area contributed by atoms with Gasteiger partial charge in [0, 0.05) is 26.1 Å². The van der Waals surface area contributed by atoms with Crippen molar-refractivity contribution in [2.45, 2.75) is 32.6 Å². The molecule has 1 N–H and O–H groups in total. The highest BCUT2D eigenvalue weighted by Gasteiger charge is 2.14. The summed E-state index contributed by atoms with van der Waals surface area (Å²) >= 11 is 0. The van der Waals surface area contributed by atoms with Gasteiger partial charge >= 0.3 is 0 Å². The molecule has 0 aliphatic carbocycles. The van der Waals surface area contributed by atoms with Crippen molar-refractivity contribution in [3.8, 4) is 0 Å². The molecular weight excluding hydrogens is 178 g/mol. The highest BCUT2D eigenvalue weighted by Crippen LogP contribution is 2.11. The molecule has 0 aromatic rings. The Morgan fingerprint density at radius 2 is 2.36 bits per heavy atom. The third kappa shape index (κ3) is 3.50. The molecule has 3 nitrogen and oxygen atoms in total. The smallest absolute Gasteiger partial charge is 0.222 e. The Balaban J connectivity index is 2.25. The average molecular weight is 197 g/mol. The standard InChI is InChI=1S/C11H19NO2/c1-10-5-7-12(8-6-10)11(14)4-2-3-9-13/h5,13H,2-4,6-9H2,1H3. The molecule has 3 heteroatoms. The molecule has 0 unspecified atom stereocenters. The normalized spacial score (nSPS) is 16.7. The van der Waals surface area contributed by atoms with E-state index in [9.17, 15) is 4.79 Å². The minimum atomic E-state index is 0.187. The van der Waals surface area contributed by atoms with Crippen molar-refractivity contribution in [3.63, 3.8) is 0 Å². The summed E-state index contributed by atoms with van der Waals surface area (Å²) in [5.74, 6) is 0.224. The van der Waals surface area contributed by atoms with Gasteiger partial charge in [-0.1, -0.05) is 11.6 Å². The summed E-state index contributed by atoms with van der Waals surface area (Å²) < 4.78 is 0. The zero-order valence-corrected chi connectivity index (χ0v) is 8.83. The van der Waals surface area contributed by atoms with Crippen LogP contribution in [-0.4, -0.2) is 35.6 Å². The molecule has 1 heterocycles. The van der Waals surface area contributed by atoms with Crippen LogP contribution in [0.15, 0.2) is 11.6 Å². The summed E-state index contributed by atoms with van der Waals surface area (Å²) in [6.07, 6.45) is 5.23. The fourth-order valence-corrected chi connectivity index (χ4v) is 1.54. The molecule has 14 heavy (non-hydrogen) atoms. The third-order valence-electron chi connectivity index (χ3n) is 2.59. The molecule has 80 valence electrons. The number of amides is 1. The van der Waals surface area contributed by atoms with E-state index in [0.717, 1.165) is 32.4 Å². The number of aliphatic hydroxyl groups is 1. The Labute approximate surface area is 85.4 Å². The molecule has 0 radical (unpaired) electrons. The van der Waals surface area contributed by atoms with Gasteiger partial charge in [-0.15, -0.1) is 0 Å². The molecule has 0 saturated carbocycles. The van der Waals surface area contributed by atoms with Crippen LogP contribution in [0.3, 0.4) is 0 Å². The van der Waals surface area contributed by atoms with E-state index in [1.165, 1.54) is 5.57 Å². The Morgan fingerprint density at radius 1 is 1.57 bits per heavy atom. The number of hydrogen-bond acceptors (Lipinski definition) is 2. The van der Waals surface area contributed by atoms with Crippen LogP contribution in [0.25, 0.3) is 0 Å². The van der Waals surface area contributed by atoms with E-state index in [2.05, 4.69) is 13.0 Å². The third-order valence-corrected chi connectivity index (χ3v) is 2.59. The monoisotopic (exact) mass is 197 g/mol. The van der Waals surface area contributed by atoms with Crippen LogP contribution in [0, 0.1) is 0 Å². The van der Waals surface area contributed by atoms with Gasteiger partial charge in [-0.2, -0.15) is 0 Å². The van der Waals surface area contributed by atoms with Crippen molar-refractivity contribution in [1.82, 2.24) is 4.90 Å². The van der Waals surface area contributed by atoms with E-state index >= 15 is 0 Å². The van der Waals surface area contributed by atoms with Gasteiger partial charge in [0.2, 0.25) is 5.91 Å². The van der Waals surface area contributed by atoms with Gasteiger partial charge < -0.3 is 10.0 Å². The largest absolute Gasteiger partial charge is 0.396 e. The van der Waals surface area contributed by atoms with Crippen LogP contribution in [0.1, 0.15) is 32.6 Å². The number of hydrogen-bond donors (Lipinski definition) is 1. The summed E-state index contributed by atoms with van der Waals surface area (Å²) in [6, 6.07) is 0. The first kappa shape index (κ1) is 11.2. The highest BCUT2D eigenvalue weighted by atomic mass is 16.3. The van der Waals surface area contributed by atoms with E-state index in [1.807, 2.05) is 4.90 Å². The summed E-state index contributed by atoms with van der Waals surface area (Å²) in [6.45, 7) is 3.92. The van der Waals surface area contributed by atoms with E-state index < -0.39 is 0 Å². The number of nitrogens with zero attached hydrogens (tertiary/aromatic N) is 1. The van der Waals surface area contributed by atoms with E-state index in [-0.39, 0.29) is 12.5 Å². The van der Waals surface area contributed by atoms with Crippen molar-refractivity contribution in [1.29, 1.82) is 0 Å². The van der Waals surface area contributed by atoms with Gasteiger partial charge in [0.05, 0.1) is 0 Å². The zero-order chi connectivity index (χ0) is 10.4. The summed E-state index contributed by atoms with van der Waals surface area (Å²) in [4.78, 5) is 13.5. The Hall–Kier alpha value is -0.830. The molecule has 1 amide bonds. The number of rotatable bonds is 4. The average Bonchev–Trinajstić information content (AvgIpc) is 2.19. The highest BCUT2D eigenvalue weighted by molar-refractivity contribution is 5.76. The topological polar surface area (TPSA) is 40.5 Å². The van der Waals surface area contributed by atoms with E-state index in [1.54, 1.807) is 0 Å².